The number of unbranched alkanes of at least 4 members (excludes halogenated alkanes) is 1. The zero-order chi connectivity index (χ0) is 19.4. The third kappa shape index (κ3) is 4.22. The van der Waals surface area contributed by atoms with Crippen molar-refractivity contribution in [3.8, 4) is 0 Å². The van der Waals surface area contributed by atoms with E-state index in [1.807, 2.05) is 56.4 Å². The summed E-state index contributed by atoms with van der Waals surface area (Å²) in [6.07, 6.45) is 3.70. The number of nitrogens with one attached hydrogen (secondary N) is 1. The summed E-state index contributed by atoms with van der Waals surface area (Å²) in [5, 5.41) is 5.82. The van der Waals surface area contributed by atoms with Crippen LogP contribution >= 0.6 is 11.6 Å². The van der Waals surface area contributed by atoms with Crippen molar-refractivity contribution >= 4 is 39.8 Å². The number of nitrogens with zero attached hydrogens (tertiary/aromatic N) is 2. The lowest BCUT2D eigenvalue weighted by molar-refractivity contribution is 0.0795. The molecule has 4 nitrogen and oxygen atoms in total. The van der Waals surface area contributed by atoms with Crippen molar-refractivity contribution in [1.82, 2.24) is 9.88 Å². The molecule has 140 valence electrons. The van der Waals surface area contributed by atoms with Crippen LogP contribution in [0.3, 0.4) is 0 Å². The molecule has 5 heteroatoms. The molecule has 1 aromatic heterocycles. The summed E-state index contributed by atoms with van der Waals surface area (Å²) in [4.78, 5) is 19.2. The van der Waals surface area contributed by atoms with E-state index in [0.29, 0.717) is 16.4 Å². The van der Waals surface area contributed by atoms with E-state index in [1.165, 1.54) is 0 Å². The standard InChI is InChI=1S/C22H24ClN3O/c1-4-5-12-26(3)22(27)19-14-24-21(18-9-7-6-8-17(18)19)25-16-11-10-15(2)20(23)13-16/h6-11,13-14H,4-5,12H2,1-3H3,(H,24,25). The van der Waals surface area contributed by atoms with E-state index in [-0.39, 0.29) is 5.91 Å². The molecule has 0 aliphatic heterocycles. The van der Waals surface area contributed by atoms with Crippen molar-refractivity contribution < 1.29 is 4.79 Å². The molecule has 1 amide bonds. The normalized spacial score (nSPS) is 10.8. The first-order chi connectivity index (χ1) is 13.0. The first-order valence-electron chi connectivity index (χ1n) is 9.17. The number of anilines is 2. The van der Waals surface area contributed by atoms with Crippen LogP contribution in [0.5, 0.6) is 0 Å². The Morgan fingerprint density at radius 3 is 2.63 bits per heavy atom. The van der Waals surface area contributed by atoms with Crippen LogP contribution in [0.15, 0.2) is 48.7 Å². The van der Waals surface area contributed by atoms with Gasteiger partial charge >= 0.3 is 0 Å². The molecule has 0 radical (unpaired) electrons. The number of carbonyl (C=O) groups excluding carboxylic acids is 1. The third-order valence-corrected chi connectivity index (χ3v) is 5.06. The van der Waals surface area contributed by atoms with E-state index < -0.39 is 0 Å². The second-order valence-corrected chi connectivity index (χ2v) is 7.14. The van der Waals surface area contributed by atoms with Gasteiger partial charge in [-0.15, -0.1) is 0 Å². The Morgan fingerprint density at radius 1 is 1.19 bits per heavy atom. The molecule has 0 bridgehead atoms. The minimum absolute atomic E-state index is 0.00270. The molecule has 3 aromatic rings. The molecule has 27 heavy (non-hydrogen) atoms. The van der Waals surface area contributed by atoms with Crippen LogP contribution in [0.1, 0.15) is 35.7 Å². The van der Waals surface area contributed by atoms with Crippen molar-refractivity contribution in [1.29, 1.82) is 0 Å². The maximum Gasteiger partial charge on any atom is 0.255 e. The molecule has 0 aliphatic rings. The van der Waals surface area contributed by atoms with E-state index in [0.717, 1.165) is 41.4 Å². The van der Waals surface area contributed by atoms with Gasteiger partial charge in [-0.1, -0.05) is 55.3 Å². The van der Waals surface area contributed by atoms with Gasteiger partial charge in [-0.25, -0.2) is 4.98 Å². The monoisotopic (exact) mass is 381 g/mol. The number of fused-ring (bicyclic) bond motifs is 1. The first-order valence-corrected chi connectivity index (χ1v) is 9.55. The molecule has 3 rings (SSSR count). The number of hydrogen-bond acceptors (Lipinski definition) is 3. The molecule has 0 aliphatic carbocycles. The highest BCUT2D eigenvalue weighted by Crippen LogP contribution is 2.29. The molecule has 1 heterocycles. The Hall–Kier alpha value is -2.59. The smallest absolute Gasteiger partial charge is 0.255 e. The highest BCUT2D eigenvalue weighted by molar-refractivity contribution is 6.31. The van der Waals surface area contributed by atoms with E-state index in [1.54, 1.807) is 11.1 Å². The fraction of sp³-hybridized carbons (Fsp3) is 0.273. The number of benzene rings is 2. The van der Waals surface area contributed by atoms with Gasteiger partial charge in [0.05, 0.1) is 5.56 Å². The van der Waals surface area contributed by atoms with Crippen molar-refractivity contribution in [2.45, 2.75) is 26.7 Å². The van der Waals surface area contributed by atoms with Crippen LogP contribution in [0.25, 0.3) is 10.8 Å². The van der Waals surface area contributed by atoms with Gasteiger partial charge in [-0.05, 0) is 36.4 Å². The Labute approximate surface area is 165 Å². The Balaban J connectivity index is 1.97. The van der Waals surface area contributed by atoms with Gasteiger partial charge in [0.25, 0.3) is 5.91 Å². The fourth-order valence-corrected chi connectivity index (χ4v) is 3.15. The molecule has 0 spiro atoms. The Kier molecular flexibility index (Phi) is 5.97. The minimum atomic E-state index is -0.00270. The molecule has 1 N–H and O–H groups in total. The highest BCUT2D eigenvalue weighted by atomic mass is 35.5. The van der Waals surface area contributed by atoms with Crippen LogP contribution in [0.2, 0.25) is 5.02 Å². The molecule has 0 atom stereocenters. The van der Waals surface area contributed by atoms with Gasteiger partial charge in [0.1, 0.15) is 5.82 Å². The van der Waals surface area contributed by atoms with Gasteiger partial charge in [-0.2, -0.15) is 0 Å². The quantitative estimate of drug-likeness (QED) is 0.585. The first kappa shape index (κ1) is 19.2. The molecule has 0 fully saturated rings. The summed E-state index contributed by atoms with van der Waals surface area (Å²) >= 11 is 6.23. The second-order valence-electron chi connectivity index (χ2n) is 6.74. The number of rotatable bonds is 6. The number of hydrogen-bond donors (Lipinski definition) is 1. The van der Waals surface area contributed by atoms with E-state index in [2.05, 4.69) is 17.2 Å². The molecule has 0 unspecified atom stereocenters. The average molecular weight is 382 g/mol. The van der Waals surface area contributed by atoms with E-state index in [4.69, 9.17) is 11.6 Å². The topological polar surface area (TPSA) is 45.2 Å². The minimum Gasteiger partial charge on any atom is -0.342 e. The Morgan fingerprint density at radius 2 is 1.93 bits per heavy atom. The van der Waals surface area contributed by atoms with Gasteiger partial charge in [0.15, 0.2) is 0 Å². The average Bonchev–Trinajstić information content (AvgIpc) is 2.68. The lowest BCUT2D eigenvalue weighted by atomic mass is 10.1. The summed E-state index contributed by atoms with van der Waals surface area (Å²) in [5.41, 5.74) is 2.51. The molecule has 0 saturated carbocycles. The van der Waals surface area contributed by atoms with Crippen molar-refractivity contribution in [2.75, 3.05) is 18.9 Å². The summed E-state index contributed by atoms with van der Waals surface area (Å²) in [6.45, 7) is 4.83. The molecule has 0 saturated heterocycles. The maximum atomic E-state index is 12.9. The highest BCUT2D eigenvalue weighted by Gasteiger charge is 2.17. The SMILES string of the molecule is CCCCN(C)C(=O)c1cnc(Nc2ccc(C)c(Cl)c2)c2ccccc12. The van der Waals surface area contributed by atoms with Crippen molar-refractivity contribution in [3.05, 3.63) is 64.8 Å². The largest absolute Gasteiger partial charge is 0.342 e. The van der Waals surface area contributed by atoms with Crippen LogP contribution in [0, 0.1) is 6.92 Å². The number of halogens is 1. The summed E-state index contributed by atoms with van der Waals surface area (Å²) in [7, 11) is 1.84. The van der Waals surface area contributed by atoms with E-state index in [9.17, 15) is 4.79 Å². The summed E-state index contributed by atoms with van der Waals surface area (Å²) in [5.74, 6) is 0.704. The van der Waals surface area contributed by atoms with Crippen LogP contribution in [-0.2, 0) is 0 Å². The lowest BCUT2D eigenvalue weighted by Gasteiger charge is -2.18. The molecular formula is C22H24ClN3O. The predicted octanol–water partition coefficient (Wildman–Crippen LogP) is 5.81. The van der Waals surface area contributed by atoms with Crippen LogP contribution < -0.4 is 5.32 Å². The predicted molar refractivity (Wildman–Crippen MR) is 113 cm³/mol. The van der Waals surface area contributed by atoms with Gasteiger partial charge in [0, 0.05) is 35.9 Å². The van der Waals surface area contributed by atoms with Crippen LogP contribution in [0.4, 0.5) is 11.5 Å². The number of aryl methyl sites for hydroxylation is 1. The van der Waals surface area contributed by atoms with Gasteiger partial charge < -0.3 is 10.2 Å². The zero-order valence-corrected chi connectivity index (χ0v) is 16.7. The lowest BCUT2D eigenvalue weighted by Crippen LogP contribution is -2.28. The Bertz CT molecular complexity index is 971. The number of amides is 1. The van der Waals surface area contributed by atoms with Gasteiger partial charge in [-0.3, -0.25) is 4.79 Å². The fourth-order valence-electron chi connectivity index (χ4n) is 2.97. The third-order valence-electron chi connectivity index (χ3n) is 4.65. The molecular weight excluding hydrogens is 358 g/mol. The summed E-state index contributed by atoms with van der Waals surface area (Å²) in [6, 6.07) is 13.6. The van der Waals surface area contributed by atoms with Crippen molar-refractivity contribution in [2.24, 2.45) is 0 Å². The zero-order valence-electron chi connectivity index (χ0n) is 15.9. The maximum absolute atomic E-state index is 12.9. The van der Waals surface area contributed by atoms with E-state index >= 15 is 0 Å². The van der Waals surface area contributed by atoms with Gasteiger partial charge in [0.2, 0.25) is 0 Å². The second kappa shape index (κ2) is 8.40. The van der Waals surface area contributed by atoms with Crippen LogP contribution in [-0.4, -0.2) is 29.4 Å². The number of pyridine rings is 1. The summed E-state index contributed by atoms with van der Waals surface area (Å²) < 4.78 is 0. The number of aromatic nitrogens is 1. The number of carbonyl (C=O) groups is 1. The van der Waals surface area contributed by atoms with Crippen molar-refractivity contribution in [3.63, 3.8) is 0 Å². The molecule has 2 aromatic carbocycles.